The molecule has 2 aromatic rings. The van der Waals surface area contributed by atoms with Crippen LogP contribution in [0.25, 0.3) is 11.3 Å². The van der Waals surface area contributed by atoms with Gasteiger partial charge in [-0.2, -0.15) is 0 Å². The van der Waals surface area contributed by atoms with E-state index >= 15 is 0 Å². The average Bonchev–Trinajstić information content (AvgIpc) is 2.73. The van der Waals surface area contributed by atoms with Crippen molar-refractivity contribution in [1.82, 2.24) is 5.16 Å². The van der Waals surface area contributed by atoms with Gasteiger partial charge < -0.3 is 9.26 Å². The predicted molar refractivity (Wildman–Crippen MR) is 68.0 cm³/mol. The minimum atomic E-state index is -0.528. The zero-order valence-electron chi connectivity index (χ0n) is 9.66. The fourth-order valence-corrected chi connectivity index (χ4v) is 1.96. The smallest absolute Gasteiger partial charge is 0.343 e. The van der Waals surface area contributed by atoms with Crippen LogP contribution in [0.15, 0.2) is 22.7 Å². The maximum atomic E-state index is 11.7. The number of hydrogen-bond acceptors (Lipinski definition) is 4. The first-order valence-corrected chi connectivity index (χ1v) is 5.80. The molecule has 0 amide bonds. The van der Waals surface area contributed by atoms with Gasteiger partial charge in [-0.3, -0.25) is 0 Å². The number of nitrogens with zero attached hydrogens (tertiary/aromatic N) is 1. The van der Waals surface area contributed by atoms with E-state index in [4.69, 9.17) is 32.5 Å². The first-order chi connectivity index (χ1) is 8.54. The summed E-state index contributed by atoms with van der Waals surface area (Å²) in [5, 5.41) is 4.76. The van der Waals surface area contributed by atoms with Gasteiger partial charge >= 0.3 is 5.97 Å². The highest BCUT2D eigenvalue weighted by Crippen LogP contribution is 2.33. The third-order valence-corrected chi connectivity index (χ3v) is 3.00. The second kappa shape index (κ2) is 5.00. The van der Waals surface area contributed by atoms with Gasteiger partial charge in [0.25, 0.3) is 0 Å². The molecular weight excluding hydrogens is 277 g/mol. The molecular formula is C12H9Cl2NO3. The lowest BCUT2D eigenvalue weighted by atomic mass is 10.1. The Morgan fingerprint density at radius 3 is 2.78 bits per heavy atom. The number of benzene rings is 1. The molecule has 0 spiro atoms. The van der Waals surface area contributed by atoms with Gasteiger partial charge in [0, 0.05) is 10.6 Å². The standard InChI is InChI=1S/C12H9Cl2NO3/c1-6-10(12(16)17-2)11(15-18-6)8-5-7(13)3-4-9(8)14/h3-5H,1-2H3. The first-order valence-electron chi connectivity index (χ1n) is 5.04. The molecule has 1 aromatic heterocycles. The fourth-order valence-electron chi connectivity index (χ4n) is 1.58. The average molecular weight is 286 g/mol. The number of hydrogen-bond donors (Lipinski definition) is 0. The Bertz CT molecular complexity index is 607. The second-order valence-corrected chi connectivity index (χ2v) is 4.42. The highest BCUT2D eigenvalue weighted by molar-refractivity contribution is 6.35. The quantitative estimate of drug-likeness (QED) is 0.789. The molecule has 1 heterocycles. The largest absolute Gasteiger partial charge is 0.465 e. The number of rotatable bonds is 2. The number of aromatic nitrogens is 1. The molecule has 0 aliphatic rings. The van der Waals surface area contributed by atoms with E-state index in [1.165, 1.54) is 7.11 Å². The van der Waals surface area contributed by atoms with Crippen molar-refractivity contribution in [3.05, 3.63) is 39.6 Å². The lowest BCUT2D eigenvalue weighted by molar-refractivity contribution is 0.0599. The molecule has 0 N–H and O–H groups in total. The van der Waals surface area contributed by atoms with Gasteiger partial charge in [-0.05, 0) is 25.1 Å². The third kappa shape index (κ3) is 2.21. The van der Waals surface area contributed by atoms with Crippen molar-refractivity contribution in [2.45, 2.75) is 6.92 Å². The van der Waals surface area contributed by atoms with E-state index in [-0.39, 0.29) is 5.56 Å². The lowest BCUT2D eigenvalue weighted by Crippen LogP contribution is -2.03. The van der Waals surface area contributed by atoms with Gasteiger partial charge in [-0.25, -0.2) is 4.79 Å². The third-order valence-electron chi connectivity index (χ3n) is 2.44. The molecule has 0 saturated heterocycles. The van der Waals surface area contributed by atoms with Crippen molar-refractivity contribution >= 4 is 29.2 Å². The molecule has 6 heteroatoms. The number of aryl methyl sites for hydroxylation is 1. The van der Waals surface area contributed by atoms with Gasteiger partial charge in [-0.15, -0.1) is 0 Å². The van der Waals surface area contributed by atoms with Crippen LogP contribution in [0.2, 0.25) is 10.0 Å². The van der Waals surface area contributed by atoms with Crippen molar-refractivity contribution in [3.63, 3.8) is 0 Å². The van der Waals surface area contributed by atoms with Gasteiger partial charge in [0.15, 0.2) is 0 Å². The van der Waals surface area contributed by atoms with Crippen LogP contribution in [0, 0.1) is 6.92 Å². The monoisotopic (exact) mass is 285 g/mol. The van der Waals surface area contributed by atoms with E-state index in [2.05, 4.69) is 5.16 Å². The summed E-state index contributed by atoms with van der Waals surface area (Å²) in [4.78, 5) is 11.7. The summed E-state index contributed by atoms with van der Waals surface area (Å²) >= 11 is 12.0. The molecule has 0 radical (unpaired) electrons. The summed E-state index contributed by atoms with van der Waals surface area (Å²) in [6, 6.07) is 4.90. The van der Waals surface area contributed by atoms with Crippen LogP contribution in [0.5, 0.6) is 0 Å². The first kappa shape index (κ1) is 12.9. The SMILES string of the molecule is COC(=O)c1c(-c2cc(Cl)ccc2Cl)noc1C. The Morgan fingerprint density at radius 1 is 1.39 bits per heavy atom. The molecule has 0 fully saturated rings. The normalized spacial score (nSPS) is 10.4. The van der Waals surface area contributed by atoms with Crippen molar-refractivity contribution in [2.24, 2.45) is 0 Å². The number of methoxy groups -OCH3 is 1. The van der Waals surface area contributed by atoms with Gasteiger partial charge in [0.05, 0.1) is 12.1 Å². The summed E-state index contributed by atoms with van der Waals surface area (Å²) in [7, 11) is 1.29. The Hall–Kier alpha value is -1.52. The molecule has 0 saturated carbocycles. The van der Waals surface area contributed by atoms with Crippen molar-refractivity contribution in [1.29, 1.82) is 0 Å². The molecule has 0 bridgehead atoms. The minimum Gasteiger partial charge on any atom is -0.465 e. The zero-order valence-corrected chi connectivity index (χ0v) is 11.2. The van der Waals surface area contributed by atoms with Gasteiger partial charge in [0.1, 0.15) is 17.0 Å². The summed E-state index contributed by atoms with van der Waals surface area (Å²) < 4.78 is 9.71. The van der Waals surface area contributed by atoms with Crippen LogP contribution >= 0.6 is 23.2 Å². The van der Waals surface area contributed by atoms with E-state index in [9.17, 15) is 4.79 Å². The summed E-state index contributed by atoms with van der Waals surface area (Å²) in [6.45, 7) is 1.63. The molecule has 0 atom stereocenters. The van der Waals surface area contributed by atoms with Crippen molar-refractivity contribution in [2.75, 3.05) is 7.11 Å². The molecule has 0 aliphatic heterocycles. The zero-order chi connectivity index (χ0) is 13.3. The number of esters is 1. The van der Waals surface area contributed by atoms with Gasteiger partial charge in [0.2, 0.25) is 0 Å². The van der Waals surface area contributed by atoms with E-state index in [0.717, 1.165) is 0 Å². The van der Waals surface area contributed by atoms with Crippen LogP contribution in [0.1, 0.15) is 16.1 Å². The van der Waals surface area contributed by atoms with Crippen molar-refractivity contribution < 1.29 is 14.1 Å². The predicted octanol–water partition coefficient (Wildman–Crippen LogP) is 3.74. The minimum absolute atomic E-state index is 0.252. The maximum Gasteiger partial charge on any atom is 0.343 e. The van der Waals surface area contributed by atoms with Crippen LogP contribution in [-0.2, 0) is 4.74 Å². The van der Waals surface area contributed by atoms with E-state index in [1.807, 2.05) is 0 Å². The van der Waals surface area contributed by atoms with Crippen LogP contribution in [0.3, 0.4) is 0 Å². The lowest BCUT2D eigenvalue weighted by Gasteiger charge is -2.03. The molecule has 18 heavy (non-hydrogen) atoms. The number of ether oxygens (including phenoxy) is 1. The molecule has 0 unspecified atom stereocenters. The number of carbonyl (C=O) groups excluding carboxylic acids is 1. The molecule has 1 aromatic carbocycles. The summed E-state index contributed by atoms with van der Waals surface area (Å²) in [5.74, 6) is -0.160. The van der Waals surface area contributed by atoms with Gasteiger partial charge in [-0.1, -0.05) is 28.4 Å². The van der Waals surface area contributed by atoms with E-state index in [1.54, 1.807) is 25.1 Å². The topological polar surface area (TPSA) is 52.3 Å². The van der Waals surface area contributed by atoms with E-state index < -0.39 is 5.97 Å². The maximum absolute atomic E-state index is 11.7. The fraction of sp³-hybridized carbons (Fsp3) is 0.167. The highest BCUT2D eigenvalue weighted by Gasteiger charge is 2.23. The molecule has 0 aliphatic carbocycles. The highest BCUT2D eigenvalue weighted by atomic mass is 35.5. The van der Waals surface area contributed by atoms with Crippen molar-refractivity contribution in [3.8, 4) is 11.3 Å². The van der Waals surface area contributed by atoms with E-state index in [0.29, 0.717) is 27.1 Å². The van der Waals surface area contributed by atoms with Crippen LogP contribution < -0.4 is 0 Å². The summed E-state index contributed by atoms with van der Waals surface area (Å²) in [6.07, 6.45) is 0. The Labute approximate surface area is 113 Å². The number of carbonyl (C=O) groups is 1. The Morgan fingerprint density at radius 2 is 2.11 bits per heavy atom. The molecule has 2 rings (SSSR count). The Kier molecular flexibility index (Phi) is 3.59. The Balaban J connectivity index is 2.64. The number of halogens is 2. The second-order valence-electron chi connectivity index (χ2n) is 3.58. The molecule has 94 valence electrons. The van der Waals surface area contributed by atoms with Crippen LogP contribution in [0.4, 0.5) is 0 Å². The molecule has 4 nitrogen and oxygen atoms in total. The van der Waals surface area contributed by atoms with Crippen LogP contribution in [-0.4, -0.2) is 18.2 Å². The summed E-state index contributed by atoms with van der Waals surface area (Å²) in [5.41, 5.74) is 1.11.